The fourth-order valence-corrected chi connectivity index (χ4v) is 3.11. The Morgan fingerprint density at radius 2 is 1.69 bits per heavy atom. The van der Waals surface area contributed by atoms with Crippen molar-refractivity contribution < 1.29 is 46.2 Å². The molecule has 3 atom stereocenters. The van der Waals surface area contributed by atoms with Crippen LogP contribution in [0.3, 0.4) is 0 Å². The number of hydrogen-bond donors (Lipinski definition) is 3. The molecule has 1 heterocycles. The van der Waals surface area contributed by atoms with E-state index in [0.29, 0.717) is 6.42 Å². The third-order valence-electron chi connectivity index (χ3n) is 4.67. The zero-order valence-corrected chi connectivity index (χ0v) is 18.6. The van der Waals surface area contributed by atoms with Gasteiger partial charge in [-0.1, -0.05) is 13.8 Å². The van der Waals surface area contributed by atoms with Crippen LogP contribution >= 0.6 is 0 Å². The summed E-state index contributed by atoms with van der Waals surface area (Å²) in [5.74, 6) is -8.61. The van der Waals surface area contributed by atoms with E-state index in [1.807, 2.05) is 0 Å². The Hall–Kier alpha value is -2.18. The zero-order chi connectivity index (χ0) is 25.1. The van der Waals surface area contributed by atoms with Gasteiger partial charge in [-0.25, -0.2) is 4.79 Å². The van der Waals surface area contributed by atoms with E-state index in [-0.39, 0.29) is 13.0 Å². The van der Waals surface area contributed by atoms with Crippen molar-refractivity contribution in [1.82, 2.24) is 15.5 Å². The van der Waals surface area contributed by atoms with E-state index in [0.717, 1.165) is 10.2 Å². The van der Waals surface area contributed by atoms with Crippen molar-refractivity contribution in [3.63, 3.8) is 0 Å². The third kappa shape index (κ3) is 7.75. The lowest BCUT2D eigenvalue weighted by atomic mass is 9.93. The second kappa shape index (κ2) is 10.2. The first kappa shape index (κ1) is 27.9. The molecule has 13 heteroatoms. The molecule has 1 aliphatic rings. The molecule has 1 saturated heterocycles. The summed E-state index contributed by atoms with van der Waals surface area (Å²) in [6.45, 7) is 5.83. The molecule has 0 aromatic carbocycles. The number of carbonyl (C=O) groups excluding carboxylic acids is 3. The highest BCUT2D eigenvalue weighted by Gasteiger charge is 2.52. The van der Waals surface area contributed by atoms with Gasteiger partial charge in [0.2, 0.25) is 5.91 Å². The van der Waals surface area contributed by atoms with Gasteiger partial charge < -0.3 is 20.5 Å². The number of halogens is 5. The third-order valence-corrected chi connectivity index (χ3v) is 4.67. The molecular formula is C19H30F5N3O5. The van der Waals surface area contributed by atoms with Crippen LogP contribution in [0.2, 0.25) is 0 Å². The molecule has 0 bridgehead atoms. The van der Waals surface area contributed by atoms with E-state index in [2.05, 4.69) is 5.32 Å². The molecule has 3 unspecified atom stereocenters. The molecule has 0 aromatic rings. The second-order valence-corrected chi connectivity index (χ2v) is 8.98. The Bertz CT molecular complexity index is 694. The van der Waals surface area contributed by atoms with Crippen molar-refractivity contribution in [2.24, 2.45) is 5.92 Å². The molecule has 1 fully saturated rings. The number of ether oxygens (including phenoxy) is 1. The summed E-state index contributed by atoms with van der Waals surface area (Å²) in [5, 5.41) is 13.4. The van der Waals surface area contributed by atoms with Crippen molar-refractivity contribution in [3.8, 4) is 0 Å². The average molecular weight is 475 g/mol. The fourth-order valence-electron chi connectivity index (χ4n) is 3.11. The summed E-state index contributed by atoms with van der Waals surface area (Å²) < 4.78 is 70.6. The summed E-state index contributed by atoms with van der Waals surface area (Å²) in [6.07, 6.45) is -7.84. The van der Waals surface area contributed by atoms with Gasteiger partial charge in [-0.05, 0) is 39.5 Å². The van der Waals surface area contributed by atoms with Gasteiger partial charge in [-0.2, -0.15) is 22.0 Å². The van der Waals surface area contributed by atoms with Gasteiger partial charge in [0.1, 0.15) is 24.3 Å². The number of hydrogen-bond acceptors (Lipinski definition) is 5. The fraction of sp³-hybridized carbons (Fsp3) is 0.842. The zero-order valence-electron chi connectivity index (χ0n) is 18.6. The highest BCUT2D eigenvalue weighted by molar-refractivity contribution is 5.87. The number of alkyl halides is 5. The number of nitrogens with zero attached hydrogens (tertiary/aromatic N) is 1. The van der Waals surface area contributed by atoms with Crippen molar-refractivity contribution in [1.29, 1.82) is 0 Å². The molecule has 3 amide bonds. The molecule has 0 aromatic heterocycles. The predicted molar refractivity (Wildman–Crippen MR) is 103 cm³/mol. The first-order valence-electron chi connectivity index (χ1n) is 10.1. The van der Waals surface area contributed by atoms with E-state index in [4.69, 9.17) is 4.74 Å². The Morgan fingerprint density at radius 1 is 1.12 bits per heavy atom. The van der Waals surface area contributed by atoms with E-state index in [1.165, 1.54) is 13.8 Å². The van der Waals surface area contributed by atoms with Gasteiger partial charge in [0.15, 0.2) is 0 Å². The second-order valence-electron chi connectivity index (χ2n) is 8.98. The lowest BCUT2D eigenvalue weighted by Gasteiger charge is -2.34. The van der Waals surface area contributed by atoms with Crippen LogP contribution in [0, 0.1) is 5.92 Å². The highest BCUT2D eigenvalue weighted by Crippen LogP contribution is 2.27. The van der Waals surface area contributed by atoms with Crippen LogP contribution in [0.1, 0.15) is 47.5 Å². The van der Waals surface area contributed by atoms with Crippen LogP contribution in [0.15, 0.2) is 0 Å². The predicted octanol–water partition coefficient (Wildman–Crippen LogP) is 2.20. The number of rotatable bonds is 7. The lowest BCUT2D eigenvalue weighted by molar-refractivity contribution is -0.175. The average Bonchev–Trinajstić information content (AvgIpc) is 3.11. The summed E-state index contributed by atoms with van der Waals surface area (Å²) in [7, 11) is 0. The molecule has 1 rings (SSSR count). The van der Waals surface area contributed by atoms with Crippen molar-refractivity contribution >= 4 is 17.9 Å². The number of likely N-dealkylation sites (tertiary alicyclic amines) is 1. The molecule has 32 heavy (non-hydrogen) atoms. The number of carbonyl (C=O) groups is 3. The molecular weight excluding hydrogens is 445 g/mol. The molecule has 186 valence electrons. The first-order valence-corrected chi connectivity index (χ1v) is 10.1. The summed E-state index contributed by atoms with van der Waals surface area (Å²) in [6, 6.07) is -2.73. The standard InChI is InChI=1S/C19H30F5N3O5/c1-10(2)12(13(28)19(23,24)15(30)25-9-18(20,21)22)26-14(29)11-7-6-8-27(11)16(31)32-17(3,4)5/h10-13,28H,6-9H2,1-5H3,(H,25,30)(H,26,29). The van der Waals surface area contributed by atoms with Crippen LogP contribution in [-0.2, 0) is 14.3 Å². The molecule has 8 nitrogen and oxygen atoms in total. The largest absolute Gasteiger partial charge is 0.444 e. The molecule has 3 N–H and O–H groups in total. The number of nitrogens with one attached hydrogen (secondary N) is 2. The van der Waals surface area contributed by atoms with Crippen LogP contribution in [0.25, 0.3) is 0 Å². The lowest BCUT2D eigenvalue weighted by Crippen LogP contribution is -2.61. The van der Waals surface area contributed by atoms with Gasteiger partial charge in [0, 0.05) is 6.54 Å². The Kier molecular flexibility index (Phi) is 8.86. The number of aliphatic hydroxyl groups excluding tert-OH is 1. The van der Waals surface area contributed by atoms with Crippen molar-refractivity contribution in [3.05, 3.63) is 0 Å². The van der Waals surface area contributed by atoms with Gasteiger partial charge >= 0.3 is 18.2 Å². The van der Waals surface area contributed by atoms with E-state index in [9.17, 15) is 41.4 Å². The maximum atomic E-state index is 14.3. The minimum Gasteiger partial charge on any atom is -0.444 e. The topological polar surface area (TPSA) is 108 Å². The summed E-state index contributed by atoms with van der Waals surface area (Å²) in [5.41, 5.74) is -0.830. The van der Waals surface area contributed by atoms with Crippen LogP contribution in [-0.4, -0.2) is 76.9 Å². The normalized spacial score (nSPS) is 19.5. The van der Waals surface area contributed by atoms with Crippen molar-refractivity contribution in [2.45, 2.75) is 83.3 Å². The van der Waals surface area contributed by atoms with E-state index >= 15 is 0 Å². The molecule has 0 spiro atoms. The Morgan fingerprint density at radius 3 is 2.16 bits per heavy atom. The Labute approximate surface area is 182 Å². The molecule has 0 radical (unpaired) electrons. The molecule has 1 aliphatic heterocycles. The maximum absolute atomic E-state index is 14.3. The van der Waals surface area contributed by atoms with Crippen molar-refractivity contribution in [2.75, 3.05) is 13.1 Å². The van der Waals surface area contributed by atoms with Gasteiger partial charge in [-0.15, -0.1) is 0 Å². The first-order chi connectivity index (χ1) is 14.4. The van der Waals surface area contributed by atoms with Crippen LogP contribution in [0.5, 0.6) is 0 Å². The van der Waals surface area contributed by atoms with E-state index < -0.39 is 66.3 Å². The van der Waals surface area contributed by atoms with E-state index in [1.54, 1.807) is 20.8 Å². The highest BCUT2D eigenvalue weighted by atomic mass is 19.4. The van der Waals surface area contributed by atoms with Gasteiger partial charge in [0.05, 0.1) is 6.04 Å². The van der Waals surface area contributed by atoms with Gasteiger partial charge in [-0.3, -0.25) is 14.5 Å². The summed E-state index contributed by atoms with van der Waals surface area (Å²) in [4.78, 5) is 37.8. The maximum Gasteiger partial charge on any atom is 0.410 e. The number of aliphatic hydroxyl groups is 1. The van der Waals surface area contributed by atoms with Crippen LogP contribution < -0.4 is 10.6 Å². The minimum absolute atomic E-state index is 0.192. The smallest absolute Gasteiger partial charge is 0.410 e. The quantitative estimate of drug-likeness (QED) is 0.490. The number of amides is 3. The minimum atomic E-state index is -4.92. The SMILES string of the molecule is CC(C)C(NC(=O)C1CCCN1C(=O)OC(C)(C)C)C(O)C(F)(F)C(=O)NCC(F)(F)F. The van der Waals surface area contributed by atoms with Gasteiger partial charge in [0.25, 0.3) is 5.91 Å². The van der Waals surface area contributed by atoms with Crippen LogP contribution in [0.4, 0.5) is 26.7 Å². The Balaban J connectivity index is 2.94. The summed E-state index contributed by atoms with van der Waals surface area (Å²) >= 11 is 0. The molecule has 0 saturated carbocycles. The monoisotopic (exact) mass is 475 g/mol. The molecule has 0 aliphatic carbocycles.